The van der Waals surface area contributed by atoms with Gasteiger partial charge in [0.25, 0.3) is 0 Å². The molecule has 3 amide bonds. The molecule has 0 fully saturated rings. The molecule has 0 radical (unpaired) electrons. The monoisotopic (exact) mass is 1680 g/mol. The first-order chi connectivity index (χ1) is 49.0. The summed E-state index contributed by atoms with van der Waals surface area (Å²) in [6.45, 7) is 35.8. The average Bonchev–Trinajstić information content (AvgIpc) is 1.61. The topological polar surface area (TPSA) is 302 Å². The molecule has 3 aromatic heterocycles. The molecule has 26 heteroatoms. The molecule has 0 aliphatic carbocycles. The van der Waals surface area contributed by atoms with E-state index in [2.05, 4.69) is 68.8 Å². The second-order valence-corrected chi connectivity index (χ2v) is 34.0. The fraction of sp³-hybridized carbons (Fsp3) is 0.329. The van der Waals surface area contributed by atoms with Gasteiger partial charge in [0.2, 0.25) is 5.91 Å². The third kappa shape index (κ3) is 26.9. The second kappa shape index (κ2) is 49.1. The fourth-order valence-electron chi connectivity index (χ4n) is 11.3. The van der Waals surface area contributed by atoms with E-state index >= 15 is 0 Å². The van der Waals surface area contributed by atoms with Crippen molar-refractivity contribution in [2.45, 2.75) is 143 Å². The van der Waals surface area contributed by atoms with Crippen LogP contribution in [0.25, 0.3) is 32.7 Å². The van der Waals surface area contributed by atoms with E-state index in [0.717, 1.165) is 132 Å². The Morgan fingerprint density at radius 3 is 1.33 bits per heavy atom. The van der Waals surface area contributed by atoms with E-state index < -0.39 is 4.92 Å². The molecule has 542 valence electrons. The van der Waals surface area contributed by atoms with E-state index in [-0.39, 0.29) is 44.6 Å². The fourth-order valence-corrected chi connectivity index (χ4v) is 17.5. The van der Waals surface area contributed by atoms with Gasteiger partial charge in [-0.2, -0.15) is 0 Å². The minimum absolute atomic E-state index is 0.0772. The maximum absolute atomic E-state index is 11.4. The number of benzene rings is 7. The molecule has 0 spiro atoms. The summed E-state index contributed by atoms with van der Waals surface area (Å²) in [6, 6.07) is 41.6. The number of nitro benzene ring substituents is 3. The Balaban J connectivity index is 0.000000579. The van der Waals surface area contributed by atoms with Crippen molar-refractivity contribution in [3.05, 3.63) is 199 Å². The average molecular weight is 1680 g/mol. The van der Waals surface area contributed by atoms with Crippen molar-refractivity contribution in [2.24, 2.45) is 0 Å². The van der Waals surface area contributed by atoms with Gasteiger partial charge in [0.1, 0.15) is 0 Å². The first-order valence-electron chi connectivity index (χ1n) is 35.7. The Morgan fingerprint density at radius 1 is 0.392 bits per heavy atom. The van der Waals surface area contributed by atoms with Crippen molar-refractivity contribution in [1.29, 1.82) is 0 Å². The molecule has 0 bridgehead atoms. The van der Waals surface area contributed by atoms with Crippen LogP contribution in [-0.4, -0.2) is 167 Å². The summed E-state index contributed by atoms with van der Waals surface area (Å²) in [5.74, 6) is 0.163. The van der Waals surface area contributed by atoms with Crippen molar-refractivity contribution in [3.63, 3.8) is 0 Å². The number of hydrogen-bond donors (Lipinski definition) is 6. The summed E-state index contributed by atoms with van der Waals surface area (Å²) in [5.41, 5.74) is 24.5. The zero-order chi connectivity index (χ0) is 77.5. The standard InChI is InChI=1S/C10H9N2O3.C10H11NO.C10H10NO.C8H7N2O2.C8H5N2O2.C8H8N2.C8H7N2.7C2H6.5Ga.10H/c1-7(13)11-6-5-8-3-2-4-9(10(8)11)12(14)15;2*1-8(12)11-7-6-9-4-2-3-5-10(9)11;2*11-10(12)7-3-1-2-6-4-5-9-8(6)7;2*9-7-3-1-2-6-4-5-10-8(6)7;7*1-2;;;;;;;;;;;;;;;/h3-4H,5-6H2,1H3;2-5H,6-7H2,1H3;3-5H,6-7H2,1H3;2-3,9H,4-5H2;2-5,9H;1-5,10H,9H2;2-5,10H,9H2;7*1-2H3;;;;;;;;;;;;;;;. The molecule has 10 aromatic rings. The van der Waals surface area contributed by atoms with Crippen molar-refractivity contribution < 1.29 is 29.2 Å². The molecule has 7 aromatic carbocycles. The first-order valence-corrected chi connectivity index (χ1v) is 46.2. The van der Waals surface area contributed by atoms with Crippen LogP contribution < -0.4 is 52.1 Å². The van der Waals surface area contributed by atoms with Crippen LogP contribution in [-0.2, 0) is 40.1 Å². The van der Waals surface area contributed by atoms with Crippen molar-refractivity contribution in [1.82, 2.24) is 15.0 Å². The van der Waals surface area contributed by atoms with Crippen LogP contribution in [0.4, 0.5) is 51.2 Å². The van der Waals surface area contributed by atoms with Gasteiger partial charge in [0.15, 0.2) is 0 Å². The van der Waals surface area contributed by atoms with Gasteiger partial charge in [-0.1, -0.05) is 127 Å². The minimum atomic E-state index is -0.394. The number of carbonyl (C=O) groups excluding carboxylic acids is 3. The van der Waals surface area contributed by atoms with Gasteiger partial charge in [-0.25, -0.2) is 0 Å². The molecule has 4 aliphatic rings. The van der Waals surface area contributed by atoms with E-state index in [9.17, 15) is 44.7 Å². The summed E-state index contributed by atoms with van der Waals surface area (Å²) >= 11 is 2.85. The summed E-state index contributed by atoms with van der Waals surface area (Å²) < 4.78 is 6.12. The third-order valence-electron chi connectivity index (χ3n) is 15.2. The molecule has 14 rings (SSSR count). The molecule has 8 N–H and O–H groups in total. The number of nitrogen functional groups attached to an aromatic ring is 2. The molecule has 102 heavy (non-hydrogen) atoms. The Morgan fingerprint density at radius 2 is 0.804 bits per heavy atom. The number of carbonyl (C=O) groups is 3. The molecule has 0 saturated carbocycles. The Hall–Kier alpha value is -7.65. The first kappa shape index (κ1) is 92.4. The summed E-state index contributed by atoms with van der Waals surface area (Å²) in [5, 5.41) is 38.7. The van der Waals surface area contributed by atoms with Crippen LogP contribution in [0.5, 0.6) is 0 Å². The Bertz CT molecular complexity index is 4290. The van der Waals surface area contributed by atoms with Crippen LogP contribution in [0.1, 0.15) is 140 Å². The van der Waals surface area contributed by atoms with Gasteiger partial charge in [0, 0.05) is 30.7 Å². The van der Waals surface area contributed by atoms with Crippen LogP contribution in [0, 0.1) is 30.3 Å². The normalized spacial score (nSPS) is 11.3. The van der Waals surface area contributed by atoms with Crippen LogP contribution in [0.2, 0.25) is 0 Å². The molecule has 0 unspecified atom stereocenters. The van der Waals surface area contributed by atoms with Crippen LogP contribution in [0.15, 0.2) is 146 Å². The number of rotatable bonds is 3. The van der Waals surface area contributed by atoms with Crippen LogP contribution >= 0.6 is 0 Å². The second-order valence-electron chi connectivity index (χ2n) is 21.9. The van der Waals surface area contributed by atoms with Gasteiger partial charge < -0.3 is 15.6 Å². The molecule has 4 aliphatic heterocycles. The van der Waals surface area contributed by atoms with Gasteiger partial charge in [-0.3, -0.25) is 4.79 Å². The predicted molar refractivity (Wildman–Crippen MR) is 447 cm³/mol. The number of nitrogens with one attached hydrogen (secondary N) is 4. The molecule has 0 atom stereocenters. The van der Waals surface area contributed by atoms with E-state index in [0.29, 0.717) is 92.1 Å². The number of non-ortho nitro benzene ring substituents is 1. The van der Waals surface area contributed by atoms with Crippen molar-refractivity contribution >= 4 is 215 Å². The third-order valence-corrected chi connectivity index (χ3v) is 21.4. The van der Waals surface area contributed by atoms with Gasteiger partial charge >= 0.3 is 433 Å². The van der Waals surface area contributed by atoms with E-state index in [1.54, 1.807) is 38.2 Å². The van der Waals surface area contributed by atoms with E-state index in [1.165, 1.54) is 42.0 Å². The number of fused-ring (bicyclic) bond motifs is 7. The number of anilines is 6. The van der Waals surface area contributed by atoms with Gasteiger partial charge in [0.05, 0.1) is 11.2 Å². The molecular weight excluding hydrogens is 1570 g/mol. The Kier molecular flexibility index (Phi) is 44.5. The zero-order valence-electron chi connectivity index (χ0n) is 64.5. The maximum atomic E-state index is 11.4. The molecule has 7 heterocycles. The van der Waals surface area contributed by atoms with Crippen LogP contribution in [0.3, 0.4) is 0 Å². The summed E-state index contributed by atoms with van der Waals surface area (Å²) in [7, 11) is 0. The van der Waals surface area contributed by atoms with Gasteiger partial charge in [-0.05, 0) is 30.2 Å². The van der Waals surface area contributed by atoms with Crippen molar-refractivity contribution in [3.8, 4) is 0 Å². The number of H-pyrrole nitrogens is 3. The summed E-state index contributed by atoms with van der Waals surface area (Å²) in [6.07, 6.45) is 9.20. The number of amides is 3. The number of para-hydroxylation sites is 2. The SMILES string of the molecule is CC.CC.CC.CC.CC.CC.CC.CC(=O)N1CCc2c[c]([GaH2])cc([N+](=O)[O-])c21.CC(=O)N1CCc2c[c]([GaH2])ccc21.CC(=O)N1CCc2ccccc21.Nc1c[c]([GaH2])cc2cc[nH]c12.Nc1cccc2cc[nH]c12.O=[N+]([O-])c1c[c]([GaH2])cc2c1NCC2.O=[N+]([O-])c1c[c]([GaH2])cc2cc[nH]c12. The molecular formula is C76H109Ga5N12O9. The summed E-state index contributed by atoms with van der Waals surface area (Å²) in [4.78, 5) is 79.3. The van der Waals surface area contributed by atoms with E-state index in [1.807, 2.05) is 180 Å². The van der Waals surface area contributed by atoms with Crippen molar-refractivity contribution in [2.75, 3.05) is 57.7 Å². The number of aromatic amines is 3. The molecule has 0 saturated heterocycles. The number of nitrogens with two attached hydrogens (primary N) is 2. The van der Waals surface area contributed by atoms with Gasteiger partial charge in [-0.15, -0.1) is 0 Å². The predicted octanol–water partition coefficient (Wildman–Crippen LogP) is 10.3. The number of nitro groups is 3. The molecule has 21 nitrogen and oxygen atoms in total. The quantitative estimate of drug-likeness (QED) is 0.0417. The Labute approximate surface area is 653 Å². The zero-order valence-corrected chi connectivity index (χ0v) is 85.5. The van der Waals surface area contributed by atoms with E-state index in [4.69, 9.17) is 11.5 Å². The number of nitrogens with zero attached hydrogens (tertiary/aromatic N) is 6. The number of hydrogen-bond acceptors (Lipinski definition) is 12. The number of aromatic nitrogens is 3.